The highest BCUT2D eigenvalue weighted by Crippen LogP contribution is 2.34. The largest absolute Gasteiger partial charge is 0.313 e. The van der Waals surface area contributed by atoms with E-state index in [9.17, 15) is 0 Å². The van der Waals surface area contributed by atoms with Crippen LogP contribution in [0.3, 0.4) is 0 Å². The molecule has 1 aliphatic carbocycles. The minimum atomic E-state index is 0.463. The van der Waals surface area contributed by atoms with E-state index in [1.165, 1.54) is 30.4 Å². The number of fused-ring (bicyclic) bond motifs is 1. The zero-order valence-electron chi connectivity index (χ0n) is 13.1. The van der Waals surface area contributed by atoms with Gasteiger partial charge in [0.2, 0.25) is 0 Å². The molecule has 0 saturated heterocycles. The van der Waals surface area contributed by atoms with Crippen LogP contribution in [0.4, 0.5) is 0 Å². The first-order valence-corrected chi connectivity index (χ1v) is 8.14. The maximum absolute atomic E-state index is 3.57. The van der Waals surface area contributed by atoms with E-state index in [1.807, 2.05) is 0 Å². The summed E-state index contributed by atoms with van der Waals surface area (Å²) in [6, 6.07) is 18.5. The molecule has 1 heteroatoms. The van der Waals surface area contributed by atoms with Gasteiger partial charge in [-0.05, 0) is 60.9 Å². The number of rotatable bonds is 4. The maximum atomic E-state index is 3.57. The van der Waals surface area contributed by atoms with E-state index < -0.39 is 0 Å². The molecule has 2 unspecified atom stereocenters. The fraction of sp³-hybridized carbons (Fsp3) is 0.400. The van der Waals surface area contributed by atoms with Gasteiger partial charge < -0.3 is 5.32 Å². The summed E-state index contributed by atoms with van der Waals surface area (Å²) in [4.78, 5) is 0. The summed E-state index contributed by atoms with van der Waals surface area (Å²) in [6.07, 6.45) is 4.79. The van der Waals surface area contributed by atoms with Crippen LogP contribution in [0.25, 0.3) is 0 Å². The van der Waals surface area contributed by atoms with Crippen LogP contribution in [-0.2, 0) is 19.3 Å². The van der Waals surface area contributed by atoms with E-state index in [4.69, 9.17) is 0 Å². The van der Waals surface area contributed by atoms with Crippen LogP contribution in [0, 0.1) is 5.92 Å². The average molecular weight is 279 g/mol. The zero-order chi connectivity index (χ0) is 14.7. The SMILES string of the molecule is CCc1cccc(C(NC)C2CCc3ccccc3C2)c1. The molecule has 21 heavy (non-hydrogen) atoms. The summed E-state index contributed by atoms with van der Waals surface area (Å²) >= 11 is 0. The fourth-order valence-electron chi connectivity index (χ4n) is 3.69. The molecule has 2 aromatic rings. The molecular weight excluding hydrogens is 254 g/mol. The number of nitrogens with one attached hydrogen (secondary N) is 1. The summed E-state index contributed by atoms with van der Waals surface area (Å²) in [7, 11) is 2.10. The predicted molar refractivity (Wildman–Crippen MR) is 89.6 cm³/mol. The lowest BCUT2D eigenvalue weighted by atomic mass is 9.78. The van der Waals surface area contributed by atoms with Gasteiger partial charge in [0, 0.05) is 6.04 Å². The van der Waals surface area contributed by atoms with E-state index in [1.54, 1.807) is 11.1 Å². The Morgan fingerprint density at radius 1 is 1.10 bits per heavy atom. The first kappa shape index (κ1) is 14.3. The van der Waals surface area contributed by atoms with E-state index in [0.29, 0.717) is 12.0 Å². The van der Waals surface area contributed by atoms with E-state index in [-0.39, 0.29) is 0 Å². The second-order valence-electron chi connectivity index (χ2n) is 6.14. The van der Waals surface area contributed by atoms with Gasteiger partial charge in [-0.2, -0.15) is 0 Å². The van der Waals surface area contributed by atoms with Crippen LogP contribution in [0.2, 0.25) is 0 Å². The molecule has 0 spiro atoms. The standard InChI is InChI=1S/C20H25N/c1-3-15-7-6-10-18(13-15)20(21-2)19-12-11-16-8-4-5-9-17(16)14-19/h4-10,13,19-21H,3,11-12,14H2,1-2H3. The van der Waals surface area contributed by atoms with Crippen molar-refractivity contribution < 1.29 is 0 Å². The summed E-state index contributed by atoms with van der Waals surface area (Å²) < 4.78 is 0. The normalized spacial score (nSPS) is 19.0. The monoisotopic (exact) mass is 279 g/mol. The lowest BCUT2D eigenvalue weighted by Gasteiger charge is -2.32. The van der Waals surface area contributed by atoms with Crippen molar-refractivity contribution in [1.82, 2.24) is 5.32 Å². The molecule has 1 N–H and O–H groups in total. The molecule has 110 valence electrons. The maximum Gasteiger partial charge on any atom is 0.0349 e. The Morgan fingerprint density at radius 2 is 1.90 bits per heavy atom. The topological polar surface area (TPSA) is 12.0 Å². The molecule has 3 rings (SSSR count). The molecule has 0 fully saturated rings. The highest BCUT2D eigenvalue weighted by atomic mass is 14.9. The molecule has 0 saturated carbocycles. The number of aryl methyl sites for hydroxylation is 2. The summed E-state index contributed by atoms with van der Waals surface area (Å²) in [6.45, 7) is 2.23. The Balaban J connectivity index is 1.84. The van der Waals surface area contributed by atoms with Gasteiger partial charge in [-0.3, -0.25) is 0 Å². The number of hydrogen-bond acceptors (Lipinski definition) is 1. The third-order valence-electron chi connectivity index (χ3n) is 4.89. The second-order valence-corrected chi connectivity index (χ2v) is 6.14. The van der Waals surface area contributed by atoms with Crippen molar-refractivity contribution in [3.05, 3.63) is 70.8 Å². The predicted octanol–water partition coefficient (Wildman–Crippen LogP) is 4.31. The van der Waals surface area contributed by atoms with E-state index in [0.717, 1.165) is 6.42 Å². The molecule has 1 aliphatic rings. The Hall–Kier alpha value is -1.60. The first-order chi connectivity index (χ1) is 10.3. The van der Waals surface area contributed by atoms with Crippen LogP contribution in [-0.4, -0.2) is 7.05 Å². The van der Waals surface area contributed by atoms with Gasteiger partial charge >= 0.3 is 0 Å². The molecule has 2 atom stereocenters. The fourth-order valence-corrected chi connectivity index (χ4v) is 3.69. The van der Waals surface area contributed by atoms with E-state index in [2.05, 4.69) is 67.8 Å². The Bertz CT molecular complexity index is 602. The molecule has 0 amide bonds. The average Bonchev–Trinajstić information content (AvgIpc) is 2.56. The quantitative estimate of drug-likeness (QED) is 0.879. The van der Waals surface area contributed by atoms with Gasteiger partial charge in [0.15, 0.2) is 0 Å². The van der Waals surface area contributed by atoms with Crippen LogP contribution in [0.15, 0.2) is 48.5 Å². The van der Waals surface area contributed by atoms with Gasteiger partial charge in [-0.15, -0.1) is 0 Å². The summed E-state index contributed by atoms with van der Waals surface area (Å²) in [5.74, 6) is 0.692. The highest BCUT2D eigenvalue weighted by Gasteiger charge is 2.26. The van der Waals surface area contributed by atoms with Crippen LogP contribution < -0.4 is 5.32 Å². The molecule has 0 radical (unpaired) electrons. The minimum absolute atomic E-state index is 0.463. The summed E-state index contributed by atoms with van der Waals surface area (Å²) in [5.41, 5.74) is 5.97. The molecule has 0 aromatic heterocycles. The molecular formula is C20H25N. The van der Waals surface area contributed by atoms with Crippen molar-refractivity contribution in [2.24, 2.45) is 5.92 Å². The zero-order valence-corrected chi connectivity index (χ0v) is 13.1. The third-order valence-corrected chi connectivity index (χ3v) is 4.89. The molecule has 0 heterocycles. The third kappa shape index (κ3) is 3.03. The van der Waals surface area contributed by atoms with Gasteiger partial charge in [0.05, 0.1) is 0 Å². The number of benzene rings is 2. The summed E-state index contributed by atoms with van der Waals surface area (Å²) in [5, 5.41) is 3.57. The van der Waals surface area contributed by atoms with Gasteiger partial charge in [-0.1, -0.05) is 55.5 Å². The highest BCUT2D eigenvalue weighted by molar-refractivity contribution is 5.32. The van der Waals surface area contributed by atoms with Crippen molar-refractivity contribution in [3.63, 3.8) is 0 Å². The Kier molecular flexibility index (Phi) is 4.40. The molecule has 2 aromatic carbocycles. The van der Waals surface area contributed by atoms with Crippen molar-refractivity contribution >= 4 is 0 Å². The molecule has 0 aliphatic heterocycles. The lowest BCUT2D eigenvalue weighted by molar-refractivity contribution is 0.342. The van der Waals surface area contributed by atoms with Crippen LogP contribution >= 0.6 is 0 Å². The smallest absolute Gasteiger partial charge is 0.0349 e. The van der Waals surface area contributed by atoms with Gasteiger partial charge in [0.25, 0.3) is 0 Å². The van der Waals surface area contributed by atoms with Crippen molar-refractivity contribution in [1.29, 1.82) is 0 Å². The van der Waals surface area contributed by atoms with Crippen molar-refractivity contribution in [3.8, 4) is 0 Å². The first-order valence-electron chi connectivity index (χ1n) is 8.14. The lowest BCUT2D eigenvalue weighted by Crippen LogP contribution is -2.29. The van der Waals surface area contributed by atoms with E-state index >= 15 is 0 Å². The second kappa shape index (κ2) is 6.44. The van der Waals surface area contributed by atoms with Gasteiger partial charge in [-0.25, -0.2) is 0 Å². The Morgan fingerprint density at radius 3 is 2.67 bits per heavy atom. The number of hydrogen-bond donors (Lipinski definition) is 1. The Labute approximate surface area is 128 Å². The van der Waals surface area contributed by atoms with Crippen LogP contribution in [0.5, 0.6) is 0 Å². The molecule has 1 nitrogen and oxygen atoms in total. The van der Waals surface area contributed by atoms with Gasteiger partial charge in [0.1, 0.15) is 0 Å². The van der Waals surface area contributed by atoms with Crippen LogP contribution in [0.1, 0.15) is 41.6 Å². The minimum Gasteiger partial charge on any atom is -0.313 e. The van der Waals surface area contributed by atoms with Crippen molar-refractivity contribution in [2.45, 2.75) is 38.6 Å². The van der Waals surface area contributed by atoms with Crippen molar-refractivity contribution in [2.75, 3.05) is 7.05 Å². The molecule has 0 bridgehead atoms.